The molecule has 0 fully saturated rings. The smallest absolute Gasteiger partial charge is 0.258 e. The van der Waals surface area contributed by atoms with Crippen LogP contribution >= 0.6 is 0 Å². The van der Waals surface area contributed by atoms with E-state index < -0.39 is 5.82 Å². The van der Waals surface area contributed by atoms with Gasteiger partial charge in [0.1, 0.15) is 0 Å². The first kappa shape index (κ1) is 13.0. The molecule has 0 radical (unpaired) electrons. The minimum atomic E-state index is -0.515. The van der Waals surface area contributed by atoms with Gasteiger partial charge in [0.2, 0.25) is 11.4 Å². The number of aromatic amines is 1. The van der Waals surface area contributed by atoms with Crippen molar-refractivity contribution in [1.82, 2.24) is 15.1 Å². The number of halogens is 1. The van der Waals surface area contributed by atoms with Crippen molar-refractivity contribution in [3.05, 3.63) is 52.7 Å². The summed E-state index contributed by atoms with van der Waals surface area (Å²) in [5.74, 6) is 0.105. The third-order valence-electron chi connectivity index (χ3n) is 2.87. The first-order valence-corrected chi connectivity index (χ1v) is 6.04. The van der Waals surface area contributed by atoms with Gasteiger partial charge in [0.05, 0.1) is 7.11 Å². The summed E-state index contributed by atoms with van der Waals surface area (Å²) in [4.78, 5) is 17.7. The van der Waals surface area contributed by atoms with Crippen LogP contribution in [0, 0.1) is 5.82 Å². The number of methoxy groups -OCH3 is 1. The molecule has 0 saturated heterocycles. The van der Waals surface area contributed by atoms with Crippen LogP contribution in [0.4, 0.5) is 4.39 Å². The molecule has 2 aromatic heterocycles. The highest BCUT2D eigenvalue weighted by atomic mass is 19.1. The Morgan fingerprint density at radius 3 is 2.71 bits per heavy atom. The van der Waals surface area contributed by atoms with E-state index in [1.807, 2.05) is 0 Å². The normalized spacial score (nSPS) is 10.6. The van der Waals surface area contributed by atoms with Gasteiger partial charge in [-0.05, 0) is 24.3 Å². The van der Waals surface area contributed by atoms with Gasteiger partial charge in [-0.25, -0.2) is 4.39 Å². The molecule has 0 aliphatic carbocycles. The summed E-state index contributed by atoms with van der Waals surface area (Å²) in [6.07, 6.45) is 1.48. The second-order valence-corrected chi connectivity index (χ2v) is 4.21. The zero-order valence-corrected chi connectivity index (χ0v) is 11.0. The van der Waals surface area contributed by atoms with E-state index in [2.05, 4.69) is 15.1 Å². The third kappa shape index (κ3) is 2.53. The Balaban J connectivity index is 1.96. The lowest BCUT2D eigenvalue weighted by Crippen LogP contribution is -2.01. The Morgan fingerprint density at radius 2 is 2.05 bits per heavy atom. The van der Waals surface area contributed by atoms with Crippen molar-refractivity contribution in [2.24, 2.45) is 0 Å². The summed E-state index contributed by atoms with van der Waals surface area (Å²) in [5, 5.41) is 3.80. The summed E-state index contributed by atoms with van der Waals surface area (Å²) < 4.78 is 23.6. The Kier molecular flexibility index (Phi) is 3.23. The lowest BCUT2D eigenvalue weighted by molar-refractivity contribution is 0.386. The van der Waals surface area contributed by atoms with Gasteiger partial charge in [0, 0.05) is 23.4 Å². The van der Waals surface area contributed by atoms with Crippen LogP contribution in [0.1, 0.15) is 0 Å². The van der Waals surface area contributed by atoms with Crippen LogP contribution in [0.3, 0.4) is 0 Å². The molecule has 0 unspecified atom stereocenters. The van der Waals surface area contributed by atoms with Crippen LogP contribution in [-0.2, 0) is 0 Å². The lowest BCUT2D eigenvalue weighted by Gasteiger charge is -2.01. The molecular weight excluding hydrogens is 277 g/mol. The van der Waals surface area contributed by atoms with Crippen LogP contribution < -0.4 is 10.3 Å². The van der Waals surface area contributed by atoms with Gasteiger partial charge in [-0.3, -0.25) is 4.79 Å². The van der Waals surface area contributed by atoms with Gasteiger partial charge in [0.15, 0.2) is 11.6 Å². The molecule has 21 heavy (non-hydrogen) atoms. The highest BCUT2D eigenvalue weighted by Gasteiger charge is 2.13. The molecular formula is C14H10FN3O3. The van der Waals surface area contributed by atoms with E-state index in [0.29, 0.717) is 17.0 Å². The Bertz CT molecular complexity index is 821. The molecule has 2 heterocycles. The van der Waals surface area contributed by atoms with Crippen molar-refractivity contribution in [3.8, 4) is 28.6 Å². The Morgan fingerprint density at radius 1 is 1.24 bits per heavy atom. The molecule has 0 saturated carbocycles. The van der Waals surface area contributed by atoms with Crippen LogP contribution in [0.2, 0.25) is 0 Å². The summed E-state index contributed by atoms with van der Waals surface area (Å²) in [6.45, 7) is 0. The molecule has 6 nitrogen and oxygen atoms in total. The molecule has 7 heteroatoms. The van der Waals surface area contributed by atoms with Gasteiger partial charge in [0.25, 0.3) is 5.89 Å². The molecule has 0 aliphatic rings. The molecule has 0 aliphatic heterocycles. The van der Waals surface area contributed by atoms with Crippen LogP contribution in [0.25, 0.3) is 22.8 Å². The standard InChI is InChI=1S/C14H10FN3O3/c1-20-11-4-2-8(6-10(11)15)14-17-13(18-21-14)9-3-5-12(19)16-7-9/h2-7H,1H3,(H,16,19). The van der Waals surface area contributed by atoms with Gasteiger partial charge >= 0.3 is 0 Å². The topological polar surface area (TPSA) is 81.0 Å². The highest BCUT2D eigenvalue weighted by molar-refractivity contribution is 5.59. The van der Waals surface area contributed by atoms with Crippen molar-refractivity contribution in [2.75, 3.05) is 7.11 Å². The Labute approximate surface area is 118 Å². The predicted molar refractivity (Wildman–Crippen MR) is 72.3 cm³/mol. The first-order chi connectivity index (χ1) is 10.2. The maximum atomic E-state index is 13.7. The van der Waals surface area contributed by atoms with E-state index in [0.717, 1.165) is 0 Å². The van der Waals surface area contributed by atoms with Crippen molar-refractivity contribution >= 4 is 0 Å². The van der Waals surface area contributed by atoms with Crippen molar-refractivity contribution < 1.29 is 13.7 Å². The highest BCUT2D eigenvalue weighted by Crippen LogP contribution is 2.25. The van der Waals surface area contributed by atoms with Gasteiger partial charge in [-0.15, -0.1) is 0 Å². The average molecular weight is 287 g/mol. The van der Waals surface area contributed by atoms with Gasteiger partial charge in [-0.2, -0.15) is 4.98 Å². The average Bonchev–Trinajstić information content (AvgIpc) is 2.98. The van der Waals surface area contributed by atoms with Crippen molar-refractivity contribution in [3.63, 3.8) is 0 Å². The molecule has 0 amide bonds. The van der Waals surface area contributed by atoms with E-state index in [4.69, 9.17) is 9.26 Å². The second-order valence-electron chi connectivity index (χ2n) is 4.21. The quantitative estimate of drug-likeness (QED) is 0.799. The minimum absolute atomic E-state index is 0.138. The largest absolute Gasteiger partial charge is 0.494 e. The molecule has 0 bridgehead atoms. The molecule has 1 N–H and O–H groups in total. The van der Waals surface area contributed by atoms with E-state index >= 15 is 0 Å². The van der Waals surface area contributed by atoms with Gasteiger partial charge in [-0.1, -0.05) is 5.16 Å². The van der Waals surface area contributed by atoms with E-state index in [1.54, 1.807) is 12.1 Å². The monoisotopic (exact) mass is 287 g/mol. The van der Waals surface area contributed by atoms with E-state index in [-0.39, 0.29) is 17.2 Å². The number of hydrogen-bond donors (Lipinski definition) is 1. The SMILES string of the molecule is COc1ccc(-c2nc(-c3ccc(=O)[nH]c3)no2)cc1F. The molecule has 3 aromatic rings. The van der Waals surface area contributed by atoms with E-state index in [9.17, 15) is 9.18 Å². The number of aromatic nitrogens is 3. The number of rotatable bonds is 3. The number of H-pyrrole nitrogens is 1. The molecule has 0 atom stereocenters. The van der Waals surface area contributed by atoms with Crippen molar-refractivity contribution in [1.29, 1.82) is 0 Å². The fraction of sp³-hybridized carbons (Fsp3) is 0.0714. The lowest BCUT2D eigenvalue weighted by atomic mass is 10.2. The number of nitrogens with one attached hydrogen (secondary N) is 1. The second kappa shape index (κ2) is 5.20. The number of ether oxygens (including phenoxy) is 1. The summed E-state index contributed by atoms with van der Waals surface area (Å²) in [6, 6.07) is 7.28. The predicted octanol–water partition coefficient (Wildman–Crippen LogP) is 2.24. The van der Waals surface area contributed by atoms with Crippen LogP contribution in [-0.4, -0.2) is 22.2 Å². The number of pyridine rings is 1. The molecule has 1 aromatic carbocycles. The number of benzene rings is 1. The summed E-state index contributed by atoms with van der Waals surface area (Å²) in [5.41, 5.74) is 0.815. The molecule has 106 valence electrons. The Hall–Kier alpha value is -2.96. The molecule has 0 spiro atoms. The maximum Gasteiger partial charge on any atom is 0.258 e. The van der Waals surface area contributed by atoms with Crippen molar-refractivity contribution in [2.45, 2.75) is 0 Å². The zero-order valence-electron chi connectivity index (χ0n) is 11.0. The summed E-state index contributed by atoms with van der Waals surface area (Å²) in [7, 11) is 1.39. The fourth-order valence-corrected chi connectivity index (χ4v) is 1.81. The van der Waals surface area contributed by atoms with Gasteiger partial charge < -0.3 is 14.2 Å². The van der Waals surface area contributed by atoms with E-state index in [1.165, 1.54) is 31.5 Å². The first-order valence-electron chi connectivity index (χ1n) is 6.04. The fourth-order valence-electron chi connectivity index (χ4n) is 1.81. The number of nitrogens with zero attached hydrogens (tertiary/aromatic N) is 2. The zero-order chi connectivity index (χ0) is 14.8. The number of hydrogen-bond acceptors (Lipinski definition) is 5. The van der Waals surface area contributed by atoms with Crippen LogP contribution in [0.15, 0.2) is 45.8 Å². The maximum absolute atomic E-state index is 13.7. The summed E-state index contributed by atoms with van der Waals surface area (Å²) >= 11 is 0. The minimum Gasteiger partial charge on any atom is -0.494 e. The van der Waals surface area contributed by atoms with Crippen LogP contribution in [0.5, 0.6) is 5.75 Å². The molecule has 3 rings (SSSR count). The third-order valence-corrected chi connectivity index (χ3v) is 2.87.